The number of hydrogen-bond acceptors (Lipinski definition) is 3. The van der Waals surface area contributed by atoms with Crippen LogP contribution >= 0.6 is 11.3 Å². The number of carbonyl (C=O) groups excluding carboxylic acids is 1. The van der Waals surface area contributed by atoms with Crippen molar-refractivity contribution in [2.75, 3.05) is 26.2 Å². The van der Waals surface area contributed by atoms with E-state index < -0.39 is 0 Å². The van der Waals surface area contributed by atoms with Crippen molar-refractivity contribution in [3.05, 3.63) is 57.8 Å². The lowest BCUT2D eigenvalue weighted by atomic mass is 9.95. The summed E-state index contributed by atoms with van der Waals surface area (Å²) in [5, 5.41) is 5.23. The van der Waals surface area contributed by atoms with E-state index in [0.29, 0.717) is 6.42 Å². The monoisotopic (exact) mass is 342 g/mol. The first-order valence-corrected chi connectivity index (χ1v) is 9.66. The van der Waals surface area contributed by atoms with Crippen LogP contribution in [0.25, 0.3) is 0 Å². The Bertz CT molecular complexity index is 645. The van der Waals surface area contributed by atoms with Gasteiger partial charge in [-0.1, -0.05) is 35.9 Å². The summed E-state index contributed by atoms with van der Waals surface area (Å²) in [6.45, 7) is 6.03. The van der Waals surface area contributed by atoms with Gasteiger partial charge in [0.1, 0.15) is 0 Å². The molecule has 4 heteroatoms. The largest absolute Gasteiger partial charge is 0.355 e. The second-order valence-corrected chi connectivity index (χ2v) is 7.63. The van der Waals surface area contributed by atoms with Gasteiger partial charge in [0, 0.05) is 18.0 Å². The van der Waals surface area contributed by atoms with E-state index in [-0.39, 0.29) is 5.91 Å². The van der Waals surface area contributed by atoms with Gasteiger partial charge in [0.2, 0.25) is 5.91 Å². The van der Waals surface area contributed by atoms with Crippen LogP contribution in [0.5, 0.6) is 0 Å². The summed E-state index contributed by atoms with van der Waals surface area (Å²) in [5.41, 5.74) is 2.29. The van der Waals surface area contributed by atoms with E-state index in [2.05, 4.69) is 46.8 Å². The molecule has 1 aliphatic rings. The number of aryl methyl sites for hydroxylation is 1. The summed E-state index contributed by atoms with van der Waals surface area (Å²) in [6, 6.07) is 12.6. The highest BCUT2D eigenvalue weighted by atomic mass is 32.1. The molecule has 1 aliphatic heterocycles. The van der Waals surface area contributed by atoms with Crippen LogP contribution in [0.4, 0.5) is 0 Å². The van der Waals surface area contributed by atoms with Gasteiger partial charge in [-0.25, -0.2) is 0 Å². The highest BCUT2D eigenvalue weighted by Gasteiger charge is 2.20. The molecule has 2 aromatic rings. The lowest BCUT2D eigenvalue weighted by Crippen LogP contribution is -2.39. The number of carbonyl (C=O) groups is 1. The zero-order valence-electron chi connectivity index (χ0n) is 14.3. The van der Waals surface area contributed by atoms with Crippen molar-refractivity contribution in [3.8, 4) is 0 Å². The van der Waals surface area contributed by atoms with Crippen LogP contribution < -0.4 is 5.32 Å². The fraction of sp³-hybridized carbons (Fsp3) is 0.450. The number of amides is 1. The minimum absolute atomic E-state index is 0.120. The van der Waals surface area contributed by atoms with Crippen molar-refractivity contribution in [2.45, 2.75) is 32.1 Å². The first-order chi connectivity index (χ1) is 11.7. The number of benzene rings is 1. The van der Waals surface area contributed by atoms with Crippen LogP contribution in [0.2, 0.25) is 0 Å². The fourth-order valence-electron chi connectivity index (χ4n) is 3.39. The second kappa shape index (κ2) is 8.45. The van der Waals surface area contributed by atoms with E-state index in [4.69, 9.17) is 0 Å². The molecule has 3 nitrogen and oxygen atoms in total. The molecular formula is C20H26N2OS. The zero-order valence-corrected chi connectivity index (χ0v) is 15.1. The van der Waals surface area contributed by atoms with Gasteiger partial charge in [-0.15, -0.1) is 11.3 Å². The Morgan fingerprint density at radius 2 is 2.08 bits per heavy atom. The number of nitrogens with one attached hydrogen (secondary N) is 1. The molecule has 1 amide bonds. The summed E-state index contributed by atoms with van der Waals surface area (Å²) in [5.74, 6) is 0.853. The van der Waals surface area contributed by atoms with E-state index in [1.807, 2.05) is 23.5 Å². The molecule has 1 aromatic carbocycles. The van der Waals surface area contributed by atoms with Crippen molar-refractivity contribution in [1.82, 2.24) is 10.2 Å². The SMILES string of the molecule is Cc1cccc(CC(=O)NCCN2CCC(c3cccs3)CC2)c1. The van der Waals surface area contributed by atoms with Gasteiger partial charge in [0.25, 0.3) is 0 Å². The second-order valence-electron chi connectivity index (χ2n) is 6.65. The molecule has 1 aromatic heterocycles. The number of hydrogen-bond donors (Lipinski definition) is 1. The van der Waals surface area contributed by atoms with E-state index in [9.17, 15) is 4.79 Å². The predicted octanol–water partition coefficient (Wildman–Crippen LogP) is 3.59. The summed E-state index contributed by atoms with van der Waals surface area (Å²) in [6.07, 6.45) is 2.94. The molecule has 0 atom stereocenters. The smallest absolute Gasteiger partial charge is 0.224 e. The quantitative estimate of drug-likeness (QED) is 0.870. The Morgan fingerprint density at radius 1 is 1.25 bits per heavy atom. The Labute approximate surface area is 148 Å². The maximum absolute atomic E-state index is 12.0. The molecule has 2 heterocycles. The summed E-state index contributed by atoms with van der Waals surface area (Å²) >= 11 is 1.88. The van der Waals surface area contributed by atoms with Crippen LogP contribution in [0.15, 0.2) is 41.8 Å². The van der Waals surface area contributed by atoms with Crippen molar-refractivity contribution in [2.24, 2.45) is 0 Å². The molecule has 24 heavy (non-hydrogen) atoms. The average molecular weight is 343 g/mol. The number of thiophene rings is 1. The first-order valence-electron chi connectivity index (χ1n) is 8.79. The van der Waals surface area contributed by atoms with Crippen LogP contribution in [0, 0.1) is 6.92 Å². The predicted molar refractivity (Wildman–Crippen MR) is 101 cm³/mol. The molecule has 3 rings (SSSR count). The molecule has 1 N–H and O–H groups in total. The van der Waals surface area contributed by atoms with E-state index in [1.54, 1.807) is 0 Å². The van der Waals surface area contributed by atoms with Crippen molar-refractivity contribution in [3.63, 3.8) is 0 Å². The van der Waals surface area contributed by atoms with Gasteiger partial charge in [-0.05, 0) is 55.8 Å². The number of likely N-dealkylation sites (tertiary alicyclic amines) is 1. The Hall–Kier alpha value is -1.65. The molecule has 0 unspecified atom stereocenters. The molecule has 1 saturated heterocycles. The maximum Gasteiger partial charge on any atom is 0.224 e. The number of rotatable bonds is 6. The van der Waals surface area contributed by atoms with E-state index in [0.717, 1.165) is 37.7 Å². The summed E-state index contributed by atoms with van der Waals surface area (Å²) in [7, 11) is 0. The fourth-order valence-corrected chi connectivity index (χ4v) is 4.29. The molecule has 0 radical (unpaired) electrons. The highest BCUT2D eigenvalue weighted by molar-refractivity contribution is 7.10. The lowest BCUT2D eigenvalue weighted by Gasteiger charge is -2.31. The molecule has 0 aliphatic carbocycles. The topological polar surface area (TPSA) is 32.3 Å². The van der Waals surface area contributed by atoms with E-state index in [1.165, 1.54) is 23.3 Å². The van der Waals surface area contributed by atoms with Gasteiger partial charge in [0.15, 0.2) is 0 Å². The Balaban J connectivity index is 1.34. The van der Waals surface area contributed by atoms with Crippen LogP contribution in [0.1, 0.15) is 34.8 Å². The molecule has 0 saturated carbocycles. The normalized spacial score (nSPS) is 16.2. The minimum atomic E-state index is 0.120. The average Bonchev–Trinajstić information content (AvgIpc) is 3.10. The van der Waals surface area contributed by atoms with Gasteiger partial charge >= 0.3 is 0 Å². The van der Waals surface area contributed by atoms with Crippen LogP contribution in [-0.2, 0) is 11.2 Å². The molecule has 128 valence electrons. The van der Waals surface area contributed by atoms with Gasteiger partial charge < -0.3 is 10.2 Å². The molecule has 0 spiro atoms. The number of piperidine rings is 1. The van der Waals surface area contributed by atoms with Crippen molar-refractivity contribution >= 4 is 17.2 Å². The summed E-state index contributed by atoms with van der Waals surface area (Å²) in [4.78, 5) is 16.0. The first kappa shape index (κ1) is 17.2. The van der Waals surface area contributed by atoms with Crippen molar-refractivity contribution in [1.29, 1.82) is 0 Å². The van der Waals surface area contributed by atoms with E-state index >= 15 is 0 Å². The van der Waals surface area contributed by atoms with Gasteiger partial charge in [-0.2, -0.15) is 0 Å². The Morgan fingerprint density at radius 3 is 2.79 bits per heavy atom. The Kier molecular flexibility index (Phi) is 6.05. The van der Waals surface area contributed by atoms with Crippen LogP contribution in [0.3, 0.4) is 0 Å². The standard InChI is InChI=1S/C20H26N2OS/c1-16-4-2-5-17(14-16)15-20(23)21-9-12-22-10-7-18(8-11-22)19-6-3-13-24-19/h2-6,13-14,18H,7-12,15H2,1H3,(H,21,23). The maximum atomic E-state index is 12.0. The lowest BCUT2D eigenvalue weighted by molar-refractivity contribution is -0.120. The van der Waals surface area contributed by atoms with Gasteiger partial charge in [-0.3, -0.25) is 4.79 Å². The summed E-state index contributed by atoms with van der Waals surface area (Å²) < 4.78 is 0. The molecular weight excluding hydrogens is 316 g/mol. The third-order valence-corrected chi connectivity index (χ3v) is 5.77. The number of nitrogens with zero attached hydrogens (tertiary/aromatic N) is 1. The van der Waals surface area contributed by atoms with Crippen LogP contribution in [-0.4, -0.2) is 37.0 Å². The highest BCUT2D eigenvalue weighted by Crippen LogP contribution is 2.30. The molecule has 1 fully saturated rings. The van der Waals surface area contributed by atoms with Crippen molar-refractivity contribution < 1.29 is 4.79 Å². The minimum Gasteiger partial charge on any atom is -0.355 e. The third kappa shape index (κ3) is 4.92. The third-order valence-electron chi connectivity index (χ3n) is 4.73. The zero-order chi connectivity index (χ0) is 16.8. The molecule has 0 bridgehead atoms. The van der Waals surface area contributed by atoms with Gasteiger partial charge in [0.05, 0.1) is 6.42 Å².